The van der Waals surface area contributed by atoms with Crippen LogP contribution in [0.5, 0.6) is 5.75 Å². The number of hydrogen-bond acceptors (Lipinski definition) is 5. The summed E-state index contributed by atoms with van der Waals surface area (Å²) < 4.78 is 0. The Balaban J connectivity index is 2.01. The molecule has 0 saturated carbocycles. The van der Waals surface area contributed by atoms with Gasteiger partial charge >= 0.3 is 5.97 Å². The topological polar surface area (TPSA) is 90.2 Å². The number of carboxylic acids is 1. The number of nitrogens with zero attached hydrogens (tertiary/aromatic N) is 2. The molecule has 1 saturated heterocycles. The first-order valence-electron chi connectivity index (χ1n) is 8.32. The number of carbonyl (C=O) groups is 2. The van der Waals surface area contributed by atoms with Crippen LogP contribution in [0.3, 0.4) is 0 Å². The zero-order valence-electron chi connectivity index (χ0n) is 14.8. The molecule has 0 bridgehead atoms. The number of benzene rings is 2. The molecule has 138 valence electrons. The molecule has 7 heteroatoms. The molecule has 0 atom stereocenters. The van der Waals surface area contributed by atoms with Gasteiger partial charge in [-0.2, -0.15) is 0 Å². The Labute approximate surface area is 160 Å². The SMILES string of the molecule is CCN1C(=O)/C(=C/c2cccc(C)c2)SC1=Nc1ccc(O)cc1C(=O)O. The largest absolute Gasteiger partial charge is 0.508 e. The van der Waals surface area contributed by atoms with E-state index in [4.69, 9.17) is 0 Å². The fraction of sp³-hybridized carbons (Fsp3) is 0.150. The lowest BCUT2D eigenvalue weighted by molar-refractivity contribution is -0.122. The van der Waals surface area contributed by atoms with Crippen LogP contribution in [0.15, 0.2) is 52.4 Å². The average molecular weight is 382 g/mol. The van der Waals surface area contributed by atoms with Crippen molar-refractivity contribution in [2.24, 2.45) is 4.99 Å². The zero-order valence-corrected chi connectivity index (χ0v) is 15.7. The summed E-state index contributed by atoms with van der Waals surface area (Å²) in [5.41, 5.74) is 2.07. The van der Waals surface area contributed by atoms with Crippen LogP contribution in [-0.2, 0) is 4.79 Å². The highest BCUT2D eigenvalue weighted by atomic mass is 32.2. The molecule has 0 radical (unpaired) electrons. The van der Waals surface area contributed by atoms with Gasteiger partial charge in [0, 0.05) is 6.54 Å². The van der Waals surface area contributed by atoms with Gasteiger partial charge in [-0.1, -0.05) is 29.8 Å². The molecular formula is C20H18N2O4S. The highest BCUT2D eigenvalue weighted by Gasteiger charge is 2.32. The normalized spacial score (nSPS) is 17.1. The van der Waals surface area contributed by atoms with Crippen molar-refractivity contribution in [2.45, 2.75) is 13.8 Å². The van der Waals surface area contributed by atoms with Crippen molar-refractivity contribution in [1.82, 2.24) is 4.90 Å². The van der Waals surface area contributed by atoms with Crippen molar-refractivity contribution in [1.29, 1.82) is 0 Å². The maximum atomic E-state index is 12.7. The number of aromatic carboxylic acids is 1. The summed E-state index contributed by atoms with van der Waals surface area (Å²) in [5.74, 6) is -1.52. The Kier molecular flexibility index (Phi) is 5.32. The Hall–Kier alpha value is -3.06. The summed E-state index contributed by atoms with van der Waals surface area (Å²) in [7, 11) is 0. The highest BCUT2D eigenvalue weighted by molar-refractivity contribution is 8.18. The van der Waals surface area contributed by atoms with E-state index in [0.717, 1.165) is 17.2 Å². The molecule has 6 nitrogen and oxygen atoms in total. The third-order valence-corrected chi connectivity index (χ3v) is 4.98. The molecule has 1 heterocycles. The minimum atomic E-state index is -1.20. The first-order valence-corrected chi connectivity index (χ1v) is 9.13. The Morgan fingerprint density at radius 2 is 2.04 bits per heavy atom. The number of aromatic hydroxyl groups is 1. The molecule has 1 aliphatic heterocycles. The molecule has 0 unspecified atom stereocenters. The zero-order chi connectivity index (χ0) is 19.6. The van der Waals surface area contributed by atoms with Crippen LogP contribution in [0.25, 0.3) is 6.08 Å². The predicted octanol–water partition coefficient (Wildman–Crippen LogP) is 4.02. The number of phenols is 1. The second kappa shape index (κ2) is 7.67. The van der Waals surface area contributed by atoms with Gasteiger partial charge in [-0.25, -0.2) is 9.79 Å². The first kappa shape index (κ1) is 18.7. The van der Waals surface area contributed by atoms with Crippen molar-refractivity contribution >= 4 is 40.6 Å². The fourth-order valence-corrected chi connectivity index (χ4v) is 3.73. The van der Waals surface area contributed by atoms with Crippen molar-refractivity contribution < 1.29 is 19.8 Å². The van der Waals surface area contributed by atoms with Crippen molar-refractivity contribution in [2.75, 3.05) is 6.54 Å². The lowest BCUT2D eigenvalue weighted by Gasteiger charge is -2.12. The van der Waals surface area contributed by atoms with Crippen LogP contribution in [-0.4, -0.2) is 38.7 Å². The number of aliphatic imine (C=N–C) groups is 1. The van der Waals surface area contributed by atoms with E-state index in [-0.39, 0.29) is 22.9 Å². The van der Waals surface area contributed by atoms with E-state index < -0.39 is 5.97 Å². The van der Waals surface area contributed by atoms with Crippen LogP contribution in [0.4, 0.5) is 5.69 Å². The van der Waals surface area contributed by atoms with Crippen LogP contribution in [0.2, 0.25) is 0 Å². The third kappa shape index (κ3) is 4.03. The maximum Gasteiger partial charge on any atom is 0.338 e. The number of amides is 1. The number of hydrogen-bond donors (Lipinski definition) is 2. The van der Waals surface area contributed by atoms with Crippen molar-refractivity contribution in [3.8, 4) is 5.75 Å². The minimum absolute atomic E-state index is 0.122. The summed E-state index contributed by atoms with van der Waals surface area (Å²) in [4.78, 5) is 30.5. The van der Waals surface area contributed by atoms with Gasteiger partial charge in [-0.3, -0.25) is 9.69 Å². The molecular weight excluding hydrogens is 364 g/mol. The van der Waals surface area contributed by atoms with Gasteiger partial charge in [0.1, 0.15) is 5.75 Å². The second-order valence-corrected chi connectivity index (χ2v) is 6.98. The number of likely N-dealkylation sites (N-methyl/N-ethyl adjacent to an activating group) is 1. The van der Waals surface area contributed by atoms with E-state index in [1.807, 2.05) is 38.1 Å². The highest BCUT2D eigenvalue weighted by Crippen LogP contribution is 2.35. The number of carbonyl (C=O) groups excluding carboxylic acids is 1. The summed E-state index contributed by atoms with van der Waals surface area (Å²) in [6, 6.07) is 11.7. The second-order valence-electron chi connectivity index (χ2n) is 5.98. The number of rotatable bonds is 4. The molecule has 2 aromatic carbocycles. The van der Waals surface area contributed by atoms with E-state index in [1.165, 1.54) is 28.8 Å². The Morgan fingerprint density at radius 1 is 1.26 bits per heavy atom. The average Bonchev–Trinajstić information content (AvgIpc) is 2.91. The van der Waals surface area contributed by atoms with Crippen LogP contribution in [0.1, 0.15) is 28.4 Å². The predicted molar refractivity (Wildman–Crippen MR) is 106 cm³/mol. The molecule has 0 aromatic heterocycles. The van der Waals surface area contributed by atoms with Gasteiger partial charge < -0.3 is 10.2 Å². The quantitative estimate of drug-likeness (QED) is 0.780. The fourth-order valence-electron chi connectivity index (χ4n) is 2.68. The summed E-state index contributed by atoms with van der Waals surface area (Å²) in [6.45, 7) is 4.23. The molecule has 1 aliphatic rings. The molecule has 2 aromatic rings. The summed E-state index contributed by atoms with van der Waals surface area (Å²) in [5, 5.41) is 19.3. The smallest absolute Gasteiger partial charge is 0.338 e. The molecule has 2 N–H and O–H groups in total. The summed E-state index contributed by atoms with van der Waals surface area (Å²) in [6.07, 6.45) is 1.81. The molecule has 3 rings (SSSR count). The van der Waals surface area contributed by atoms with Crippen LogP contribution < -0.4 is 0 Å². The molecule has 0 spiro atoms. The van der Waals surface area contributed by atoms with Gasteiger partial charge in [-0.15, -0.1) is 0 Å². The number of carboxylic acid groups (broad SMARTS) is 1. The third-order valence-electron chi connectivity index (χ3n) is 3.97. The molecule has 0 aliphatic carbocycles. The van der Waals surface area contributed by atoms with Crippen LogP contribution in [0, 0.1) is 6.92 Å². The maximum absolute atomic E-state index is 12.7. The van der Waals surface area contributed by atoms with E-state index in [2.05, 4.69) is 4.99 Å². The van der Waals surface area contributed by atoms with E-state index in [1.54, 1.807) is 6.08 Å². The van der Waals surface area contributed by atoms with Crippen molar-refractivity contribution in [3.05, 3.63) is 64.1 Å². The van der Waals surface area contributed by atoms with Gasteiger partial charge in [-0.05, 0) is 55.4 Å². The van der Waals surface area contributed by atoms with Gasteiger partial charge in [0.2, 0.25) is 0 Å². The lowest BCUT2D eigenvalue weighted by Crippen LogP contribution is -2.28. The Bertz CT molecular complexity index is 982. The van der Waals surface area contributed by atoms with E-state index in [9.17, 15) is 19.8 Å². The van der Waals surface area contributed by atoms with Gasteiger partial charge in [0.25, 0.3) is 5.91 Å². The van der Waals surface area contributed by atoms with Crippen molar-refractivity contribution in [3.63, 3.8) is 0 Å². The molecule has 27 heavy (non-hydrogen) atoms. The number of amidine groups is 1. The van der Waals surface area contributed by atoms with E-state index >= 15 is 0 Å². The summed E-state index contributed by atoms with van der Waals surface area (Å²) >= 11 is 1.20. The number of thioether (sulfide) groups is 1. The minimum Gasteiger partial charge on any atom is -0.508 e. The number of phenolic OH excluding ortho intramolecular Hbond substituents is 1. The monoisotopic (exact) mass is 382 g/mol. The standard InChI is InChI=1S/C20H18N2O4S/c1-3-22-18(24)17(10-13-6-4-5-12(2)9-13)27-20(22)21-16-8-7-14(23)11-15(16)19(25)26/h4-11,23H,3H2,1-2H3,(H,25,26)/b17-10-,21-20?. The van der Waals surface area contributed by atoms with Gasteiger partial charge in [0.15, 0.2) is 5.17 Å². The first-order chi connectivity index (χ1) is 12.9. The van der Waals surface area contributed by atoms with Gasteiger partial charge in [0.05, 0.1) is 16.2 Å². The Morgan fingerprint density at radius 3 is 2.70 bits per heavy atom. The molecule has 1 fully saturated rings. The molecule has 1 amide bonds. The lowest BCUT2D eigenvalue weighted by atomic mass is 10.1. The van der Waals surface area contributed by atoms with E-state index in [0.29, 0.717) is 16.6 Å². The van der Waals surface area contributed by atoms with Crippen LogP contribution >= 0.6 is 11.8 Å². The number of aryl methyl sites for hydroxylation is 1.